The molecule has 0 N–H and O–H groups in total. The van der Waals surface area contributed by atoms with E-state index in [-0.39, 0.29) is 5.91 Å². The number of amides is 1. The van der Waals surface area contributed by atoms with Crippen LogP contribution in [0.3, 0.4) is 0 Å². The number of hydrogen-bond acceptors (Lipinski definition) is 2. The van der Waals surface area contributed by atoms with Gasteiger partial charge in [0, 0.05) is 31.0 Å². The van der Waals surface area contributed by atoms with E-state index in [2.05, 4.69) is 4.98 Å². The van der Waals surface area contributed by atoms with E-state index in [0.29, 0.717) is 5.88 Å². The zero-order chi connectivity index (χ0) is 11.5. The molecule has 1 amide bonds. The molecule has 0 aliphatic carbocycles. The van der Waals surface area contributed by atoms with Crippen LogP contribution in [-0.4, -0.2) is 23.8 Å². The van der Waals surface area contributed by atoms with Gasteiger partial charge in [-0.2, -0.15) is 0 Å². The fraction of sp³-hybridized carbons (Fsp3) is 0.455. The molecule has 1 rings (SSSR count). The van der Waals surface area contributed by atoms with Crippen molar-refractivity contribution >= 4 is 23.2 Å². The van der Waals surface area contributed by atoms with Crippen LogP contribution in [-0.2, 0) is 4.79 Å². The van der Waals surface area contributed by atoms with Crippen LogP contribution in [0.1, 0.15) is 13.8 Å². The minimum absolute atomic E-state index is 0.00343. The van der Waals surface area contributed by atoms with E-state index in [1.807, 2.05) is 13.8 Å². The molecule has 0 atom stereocenters. The van der Waals surface area contributed by atoms with Gasteiger partial charge in [-0.15, -0.1) is 11.6 Å². The molecule has 0 spiro atoms. The molecule has 0 unspecified atom stereocenters. The van der Waals surface area contributed by atoms with Gasteiger partial charge in [-0.25, -0.2) is 0 Å². The topological polar surface area (TPSA) is 33.2 Å². The van der Waals surface area contributed by atoms with E-state index in [9.17, 15) is 4.79 Å². The summed E-state index contributed by atoms with van der Waals surface area (Å²) in [5, 5.41) is 0. The van der Waals surface area contributed by atoms with Gasteiger partial charge in [-0.1, -0.05) is 0 Å². The Morgan fingerprint density at radius 3 is 2.47 bits per heavy atom. The number of carbonyl (C=O) groups excluding carboxylic acids is 1. The fourth-order valence-electron chi connectivity index (χ4n) is 1.20. The van der Waals surface area contributed by atoms with Gasteiger partial charge in [0.2, 0.25) is 5.91 Å². The standard InChI is InChI=1S/C11H15ClN2O/c1-11(2,8-12)10(15)14(3)9-4-6-13-7-5-9/h4-7H,8H2,1-3H3. The van der Waals surface area contributed by atoms with Crippen LogP contribution in [0.5, 0.6) is 0 Å². The first-order valence-electron chi connectivity index (χ1n) is 4.73. The van der Waals surface area contributed by atoms with Gasteiger partial charge in [0.15, 0.2) is 0 Å². The number of halogens is 1. The number of rotatable bonds is 3. The summed E-state index contributed by atoms with van der Waals surface area (Å²) < 4.78 is 0. The largest absolute Gasteiger partial charge is 0.315 e. The lowest BCUT2D eigenvalue weighted by Crippen LogP contribution is -2.39. The molecule has 3 nitrogen and oxygen atoms in total. The van der Waals surface area contributed by atoms with Crippen LogP contribution in [0.15, 0.2) is 24.5 Å². The molecule has 0 aliphatic rings. The molecule has 0 aromatic carbocycles. The molecule has 0 fully saturated rings. The Kier molecular flexibility index (Phi) is 3.69. The molecule has 15 heavy (non-hydrogen) atoms. The van der Waals surface area contributed by atoms with Gasteiger partial charge in [-0.3, -0.25) is 9.78 Å². The first-order valence-corrected chi connectivity index (χ1v) is 5.26. The van der Waals surface area contributed by atoms with Crippen molar-refractivity contribution in [1.29, 1.82) is 0 Å². The van der Waals surface area contributed by atoms with E-state index in [4.69, 9.17) is 11.6 Å². The summed E-state index contributed by atoms with van der Waals surface area (Å²) in [6.45, 7) is 3.67. The number of hydrogen-bond donors (Lipinski definition) is 0. The maximum atomic E-state index is 12.0. The van der Waals surface area contributed by atoms with Crippen LogP contribution in [0.2, 0.25) is 0 Å². The molecule has 0 radical (unpaired) electrons. The SMILES string of the molecule is CN(C(=O)C(C)(C)CCl)c1ccncc1. The third-order valence-electron chi connectivity index (χ3n) is 2.27. The molecule has 0 saturated carbocycles. The highest BCUT2D eigenvalue weighted by Gasteiger charge is 2.29. The first-order chi connectivity index (χ1) is 6.99. The molecule has 4 heteroatoms. The number of anilines is 1. The smallest absolute Gasteiger partial charge is 0.233 e. The third kappa shape index (κ3) is 2.69. The maximum Gasteiger partial charge on any atom is 0.233 e. The van der Waals surface area contributed by atoms with Crippen molar-refractivity contribution in [3.8, 4) is 0 Å². The predicted molar refractivity (Wildman–Crippen MR) is 62.1 cm³/mol. The van der Waals surface area contributed by atoms with E-state index in [0.717, 1.165) is 5.69 Å². The zero-order valence-electron chi connectivity index (χ0n) is 9.20. The number of aromatic nitrogens is 1. The lowest BCUT2D eigenvalue weighted by molar-refractivity contribution is -0.125. The molecular weight excluding hydrogens is 212 g/mol. The average molecular weight is 227 g/mol. The summed E-state index contributed by atoms with van der Waals surface area (Å²) in [5.41, 5.74) is 0.285. The predicted octanol–water partition coefficient (Wildman–Crippen LogP) is 2.31. The summed E-state index contributed by atoms with van der Waals surface area (Å²) in [6.07, 6.45) is 3.32. The number of carbonyl (C=O) groups is 1. The summed E-state index contributed by atoms with van der Waals surface area (Å²) >= 11 is 5.76. The second-order valence-corrected chi connectivity index (χ2v) is 4.35. The minimum atomic E-state index is -0.542. The molecule has 1 aromatic rings. The van der Waals surface area contributed by atoms with Crippen LogP contribution in [0.25, 0.3) is 0 Å². The van der Waals surface area contributed by atoms with E-state index >= 15 is 0 Å². The van der Waals surface area contributed by atoms with Crippen molar-refractivity contribution in [2.45, 2.75) is 13.8 Å². The summed E-state index contributed by atoms with van der Waals surface area (Å²) in [4.78, 5) is 17.5. The number of pyridine rings is 1. The van der Waals surface area contributed by atoms with Gasteiger partial charge >= 0.3 is 0 Å². The normalized spacial score (nSPS) is 11.2. The van der Waals surface area contributed by atoms with Gasteiger partial charge in [0.1, 0.15) is 0 Å². The second-order valence-electron chi connectivity index (χ2n) is 4.09. The Bertz CT molecular complexity index is 338. The van der Waals surface area contributed by atoms with Crippen molar-refractivity contribution < 1.29 is 4.79 Å². The quantitative estimate of drug-likeness (QED) is 0.741. The van der Waals surface area contributed by atoms with E-state index in [1.54, 1.807) is 36.5 Å². The Hall–Kier alpha value is -1.09. The molecule has 0 saturated heterocycles. The van der Waals surface area contributed by atoms with E-state index in [1.165, 1.54) is 0 Å². The highest BCUT2D eigenvalue weighted by Crippen LogP contribution is 2.23. The lowest BCUT2D eigenvalue weighted by Gasteiger charge is -2.27. The van der Waals surface area contributed by atoms with Crippen molar-refractivity contribution in [2.24, 2.45) is 5.41 Å². The molecular formula is C11H15ClN2O. The number of nitrogens with zero attached hydrogens (tertiary/aromatic N) is 2. The third-order valence-corrected chi connectivity index (χ3v) is 2.94. The van der Waals surface area contributed by atoms with Crippen LogP contribution in [0.4, 0.5) is 5.69 Å². The highest BCUT2D eigenvalue weighted by atomic mass is 35.5. The van der Waals surface area contributed by atoms with Gasteiger partial charge in [-0.05, 0) is 26.0 Å². The summed E-state index contributed by atoms with van der Waals surface area (Å²) in [6, 6.07) is 3.59. The molecule has 1 heterocycles. The monoisotopic (exact) mass is 226 g/mol. The summed E-state index contributed by atoms with van der Waals surface area (Å²) in [5.74, 6) is 0.310. The molecule has 1 aromatic heterocycles. The zero-order valence-corrected chi connectivity index (χ0v) is 9.95. The fourth-order valence-corrected chi connectivity index (χ4v) is 1.31. The first kappa shape index (κ1) is 12.0. The van der Waals surface area contributed by atoms with E-state index < -0.39 is 5.41 Å². The van der Waals surface area contributed by atoms with Gasteiger partial charge < -0.3 is 4.90 Å². The van der Waals surface area contributed by atoms with Crippen LogP contribution >= 0.6 is 11.6 Å². The average Bonchev–Trinajstić information content (AvgIpc) is 2.28. The maximum absolute atomic E-state index is 12.0. The Labute approximate surface area is 95.1 Å². The Balaban J connectivity index is 2.87. The molecule has 82 valence electrons. The molecule has 0 aliphatic heterocycles. The van der Waals surface area contributed by atoms with Crippen LogP contribution < -0.4 is 4.90 Å². The van der Waals surface area contributed by atoms with Crippen LogP contribution in [0, 0.1) is 5.41 Å². The summed E-state index contributed by atoms with van der Waals surface area (Å²) in [7, 11) is 1.74. The Morgan fingerprint density at radius 2 is 2.00 bits per heavy atom. The Morgan fingerprint density at radius 1 is 1.47 bits per heavy atom. The van der Waals surface area contributed by atoms with Crippen molar-refractivity contribution in [2.75, 3.05) is 17.8 Å². The van der Waals surface area contributed by atoms with Gasteiger partial charge in [0.05, 0.1) is 5.41 Å². The van der Waals surface area contributed by atoms with Crippen molar-refractivity contribution in [3.05, 3.63) is 24.5 Å². The van der Waals surface area contributed by atoms with Gasteiger partial charge in [0.25, 0.3) is 0 Å². The minimum Gasteiger partial charge on any atom is -0.315 e. The van der Waals surface area contributed by atoms with Crippen molar-refractivity contribution in [3.63, 3.8) is 0 Å². The molecule has 0 bridgehead atoms. The van der Waals surface area contributed by atoms with Crippen molar-refractivity contribution in [1.82, 2.24) is 4.98 Å². The number of alkyl halides is 1. The second kappa shape index (κ2) is 4.62. The lowest BCUT2D eigenvalue weighted by atomic mass is 9.94. The highest BCUT2D eigenvalue weighted by molar-refractivity contribution is 6.20.